The fourth-order valence-electron chi connectivity index (χ4n) is 1.89. The van der Waals surface area contributed by atoms with E-state index in [0.717, 1.165) is 24.4 Å². The molecule has 0 bridgehead atoms. The van der Waals surface area contributed by atoms with Crippen molar-refractivity contribution in [3.63, 3.8) is 0 Å². The molecule has 0 aliphatic rings. The number of benzene rings is 1. The monoisotopic (exact) mass is 323 g/mol. The van der Waals surface area contributed by atoms with E-state index in [4.69, 9.17) is 0 Å². The van der Waals surface area contributed by atoms with Gasteiger partial charge in [0.05, 0.1) is 0 Å². The number of halogens is 6. The minimum Gasteiger partial charge on any atom is -0.405 e. The van der Waals surface area contributed by atoms with E-state index >= 15 is 0 Å². The minimum absolute atomic E-state index is 0.488. The van der Waals surface area contributed by atoms with E-state index < -0.39 is 40.5 Å². The maximum absolute atomic E-state index is 13.0. The van der Waals surface area contributed by atoms with Gasteiger partial charge in [0.25, 0.3) is 5.56 Å². The summed E-state index contributed by atoms with van der Waals surface area (Å²) in [6.45, 7) is 0. The topological polar surface area (TPSA) is 42.1 Å². The lowest BCUT2D eigenvalue weighted by Crippen LogP contribution is -2.23. The highest BCUT2D eigenvalue weighted by atomic mass is 19.4. The minimum atomic E-state index is -5.07. The molecule has 0 saturated carbocycles. The van der Waals surface area contributed by atoms with Crippen LogP contribution in [0.1, 0.15) is 5.56 Å². The second-order valence-corrected chi connectivity index (χ2v) is 4.14. The highest BCUT2D eigenvalue weighted by Gasteiger charge is 2.38. The lowest BCUT2D eigenvalue weighted by Gasteiger charge is -2.16. The van der Waals surface area contributed by atoms with Crippen LogP contribution in [-0.4, -0.2) is 11.3 Å². The van der Waals surface area contributed by atoms with Crippen LogP contribution < -0.4 is 10.3 Å². The summed E-state index contributed by atoms with van der Waals surface area (Å²) in [6.07, 6.45) is -9.19. The van der Waals surface area contributed by atoms with Crippen LogP contribution in [0.3, 0.4) is 0 Å². The number of rotatable bonds is 2. The summed E-state index contributed by atoms with van der Waals surface area (Å²) < 4.78 is 79.7. The molecule has 0 amide bonds. The van der Waals surface area contributed by atoms with Crippen LogP contribution in [0.5, 0.6) is 5.75 Å². The highest BCUT2D eigenvalue weighted by Crippen LogP contribution is 2.39. The van der Waals surface area contributed by atoms with Crippen molar-refractivity contribution in [2.45, 2.75) is 12.5 Å². The van der Waals surface area contributed by atoms with Gasteiger partial charge in [-0.05, 0) is 12.1 Å². The summed E-state index contributed by atoms with van der Waals surface area (Å²) in [7, 11) is 0. The number of ether oxygens (including phenoxy) is 1. The molecule has 2 rings (SSSR count). The number of para-hydroxylation sites is 1. The molecule has 9 heteroatoms. The maximum Gasteiger partial charge on any atom is 0.573 e. The molecule has 0 unspecified atom stereocenters. The molecule has 22 heavy (non-hydrogen) atoms. The predicted molar refractivity (Wildman–Crippen MR) is 64.2 cm³/mol. The number of alkyl halides is 6. The van der Waals surface area contributed by atoms with Crippen molar-refractivity contribution < 1.29 is 31.1 Å². The molecule has 0 atom stereocenters. The van der Waals surface area contributed by atoms with Crippen molar-refractivity contribution in [2.24, 2.45) is 0 Å². The summed E-state index contributed by atoms with van der Waals surface area (Å²) in [5.41, 5.74) is -4.23. The normalized spacial score (nSPS) is 12.3. The Labute approximate surface area is 119 Å². The molecular formula is C13H7F6NO2. The Hall–Kier alpha value is -2.45. The zero-order chi connectivity index (χ0) is 16.5. The van der Waals surface area contributed by atoms with Crippen LogP contribution in [0.25, 0.3) is 11.1 Å². The highest BCUT2D eigenvalue weighted by molar-refractivity contribution is 5.73. The number of pyridine rings is 1. The average molecular weight is 323 g/mol. The van der Waals surface area contributed by atoms with Gasteiger partial charge in [0.1, 0.15) is 11.3 Å². The quantitative estimate of drug-likeness (QED) is 0.850. The first kappa shape index (κ1) is 15.9. The molecule has 1 heterocycles. The van der Waals surface area contributed by atoms with Gasteiger partial charge in [-0.1, -0.05) is 18.2 Å². The molecule has 118 valence electrons. The van der Waals surface area contributed by atoms with Gasteiger partial charge in [0.2, 0.25) is 0 Å². The number of hydrogen-bond acceptors (Lipinski definition) is 2. The van der Waals surface area contributed by atoms with Gasteiger partial charge in [0.15, 0.2) is 0 Å². The number of nitrogens with one attached hydrogen (secondary N) is 1. The van der Waals surface area contributed by atoms with Crippen molar-refractivity contribution in [1.29, 1.82) is 0 Å². The van der Waals surface area contributed by atoms with Crippen LogP contribution in [-0.2, 0) is 6.18 Å². The molecule has 3 nitrogen and oxygen atoms in total. The van der Waals surface area contributed by atoms with Crippen molar-refractivity contribution in [3.05, 3.63) is 52.4 Å². The summed E-state index contributed by atoms with van der Waals surface area (Å²) in [5, 5.41) is 0. The van der Waals surface area contributed by atoms with E-state index in [1.54, 1.807) is 0 Å². The van der Waals surface area contributed by atoms with Crippen molar-refractivity contribution in [2.75, 3.05) is 0 Å². The van der Waals surface area contributed by atoms with E-state index in [-0.39, 0.29) is 0 Å². The molecule has 0 fully saturated rings. The largest absolute Gasteiger partial charge is 0.573 e. The van der Waals surface area contributed by atoms with E-state index in [1.807, 2.05) is 4.98 Å². The van der Waals surface area contributed by atoms with Gasteiger partial charge < -0.3 is 9.72 Å². The van der Waals surface area contributed by atoms with Gasteiger partial charge in [-0.15, -0.1) is 13.2 Å². The van der Waals surface area contributed by atoms with E-state index in [1.165, 1.54) is 12.1 Å². The van der Waals surface area contributed by atoms with Gasteiger partial charge >= 0.3 is 12.5 Å². The Bertz CT molecular complexity index is 732. The van der Waals surface area contributed by atoms with Crippen LogP contribution in [0.4, 0.5) is 26.3 Å². The lowest BCUT2D eigenvalue weighted by atomic mass is 10.0. The standard InChI is InChI=1S/C13H7F6NO2/c14-12(15,16)10-8(5-6-20-11(10)21)7-3-1-2-4-9(7)22-13(17,18)19/h1-6H,(H,20,21). The van der Waals surface area contributed by atoms with Crippen LogP contribution in [0.2, 0.25) is 0 Å². The second-order valence-electron chi connectivity index (χ2n) is 4.14. The number of aromatic nitrogens is 1. The summed E-state index contributed by atoms with van der Waals surface area (Å²) in [6, 6.07) is 5.14. The van der Waals surface area contributed by atoms with Crippen LogP contribution in [0, 0.1) is 0 Å². The molecule has 0 spiro atoms. The molecule has 1 aromatic heterocycles. The lowest BCUT2D eigenvalue weighted by molar-refractivity contribution is -0.274. The molecule has 0 aliphatic carbocycles. The number of aromatic amines is 1. The SMILES string of the molecule is O=c1[nH]ccc(-c2ccccc2OC(F)(F)F)c1C(F)(F)F. The Morgan fingerprint density at radius 3 is 2.14 bits per heavy atom. The molecular weight excluding hydrogens is 316 g/mol. The fourth-order valence-corrected chi connectivity index (χ4v) is 1.89. The van der Waals surface area contributed by atoms with Gasteiger partial charge in [-0.25, -0.2) is 0 Å². The molecule has 1 aromatic carbocycles. The summed E-state index contributed by atoms with van der Waals surface area (Å²) >= 11 is 0. The third-order valence-corrected chi connectivity index (χ3v) is 2.65. The first-order valence-electron chi connectivity index (χ1n) is 5.73. The number of hydrogen-bond donors (Lipinski definition) is 1. The van der Waals surface area contributed by atoms with Gasteiger partial charge in [-0.3, -0.25) is 4.79 Å². The van der Waals surface area contributed by atoms with Crippen molar-refractivity contribution in [3.8, 4) is 16.9 Å². The zero-order valence-corrected chi connectivity index (χ0v) is 10.5. The Balaban J connectivity index is 2.69. The first-order valence-corrected chi connectivity index (χ1v) is 5.73. The average Bonchev–Trinajstić information content (AvgIpc) is 2.35. The van der Waals surface area contributed by atoms with E-state index in [0.29, 0.717) is 0 Å². The third-order valence-electron chi connectivity index (χ3n) is 2.65. The molecule has 1 N–H and O–H groups in total. The Morgan fingerprint density at radius 2 is 1.55 bits per heavy atom. The maximum atomic E-state index is 13.0. The summed E-state index contributed by atoms with van der Waals surface area (Å²) in [5.74, 6) is -0.828. The second kappa shape index (κ2) is 5.39. The third kappa shape index (κ3) is 3.41. The van der Waals surface area contributed by atoms with E-state index in [2.05, 4.69) is 4.74 Å². The molecule has 0 radical (unpaired) electrons. The molecule has 0 aliphatic heterocycles. The van der Waals surface area contributed by atoms with Crippen LogP contribution in [0.15, 0.2) is 41.3 Å². The summed E-state index contributed by atoms with van der Waals surface area (Å²) in [4.78, 5) is 13.3. The first-order chi connectivity index (χ1) is 10.1. The number of H-pyrrole nitrogens is 1. The fraction of sp³-hybridized carbons (Fsp3) is 0.154. The molecule has 0 saturated heterocycles. The van der Waals surface area contributed by atoms with E-state index in [9.17, 15) is 31.1 Å². The van der Waals surface area contributed by atoms with Gasteiger partial charge in [-0.2, -0.15) is 13.2 Å². The smallest absolute Gasteiger partial charge is 0.405 e. The Morgan fingerprint density at radius 1 is 0.909 bits per heavy atom. The van der Waals surface area contributed by atoms with Crippen molar-refractivity contribution in [1.82, 2.24) is 4.98 Å². The predicted octanol–water partition coefficient (Wildman–Crippen LogP) is 3.96. The zero-order valence-electron chi connectivity index (χ0n) is 10.5. The van der Waals surface area contributed by atoms with Crippen molar-refractivity contribution >= 4 is 0 Å². The van der Waals surface area contributed by atoms with Gasteiger partial charge in [0, 0.05) is 17.3 Å². The Kier molecular flexibility index (Phi) is 3.90. The van der Waals surface area contributed by atoms with Crippen LogP contribution >= 0.6 is 0 Å². The molecule has 2 aromatic rings.